The summed E-state index contributed by atoms with van der Waals surface area (Å²) in [6.45, 7) is 9.57. The number of piperidine rings is 2. The molecule has 2 saturated heterocycles. The number of esters is 1. The first kappa shape index (κ1) is 25.8. The third kappa shape index (κ3) is 8.18. The lowest BCUT2D eigenvalue weighted by atomic mass is 9.96. The second-order valence-electron chi connectivity index (χ2n) is 8.62. The zero-order chi connectivity index (χ0) is 20.7. The number of nitrogens with one attached hydrogen (secondary N) is 1. The summed E-state index contributed by atoms with van der Waals surface area (Å²) in [5, 5.41) is 3.47. The van der Waals surface area contributed by atoms with Gasteiger partial charge in [-0.05, 0) is 52.4 Å². The van der Waals surface area contributed by atoms with Gasteiger partial charge in [-0.25, -0.2) is 4.79 Å². The van der Waals surface area contributed by atoms with E-state index in [0.717, 1.165) is 64.4 Å². The summed E-state index contributed by atoms with van der Waals surface area (Å²) >= 11 is 0. The van der Waals surface area contributed by atoms with Gasteiger partial charge >= 0.3 is 12.1 Å². The number of amides is 1. The highest BCUT2D eigenvalue weighted by Crippen LogP contribution is 2.21. The van der Waals surface area contributed by atoms with Gasteiger partial charge in [-0.3, -0.25) is 9.79 Å². The van der Waals surface area contributed by atoms with Crippen LogP contribution in [0, 0.1) is 11.8 Å². The minimum absolute atomic E-state index is 0. The van der Waals surface area contributed by atoms with Gasteiger partial charge in [0.15, 0.2) is 5.96 Å². The van der Waals surface area contributed by atoms with Crippen LogP contribution in [-0.4, -0.2) is 80.3 Å². The number of carbonyl (C=O) groups excluding carboxylic acids is 2. The molecule has 0 aromatic rings. The first-order valence-corrected chi connectivity index (χ1v) is 10.2. The highest BCUT2D eigenvalue weighted by molar-refractivity contribution is 14.0. The Hall–Kier alpha value is -1.26. The molecule has 0 unspecified atom stereocenters. The topological polar surface area (TPSA) is 83.5 Å². The van der Waals surface area contributed by atoms with Crippen LogP contribution in [0.2, 0.25) is 0 Å². The first-order chi connectivity index (χ1) is 13.2. The largest absolute Gasteiger partial charge is 0.469 e. The molecule has 29 heavy (non-hydrogen) atoms. The quantitative estimate of drug-likeness (QED) is 0.265. The van der Waals surface area contributed by atoms with E-state index < -0.39 is 5.60 Å². The average Bonchev–Trinajstić information content (AvgIpc) is 2.67. The SMILES string of the molecule is CN=C(NCC1CCN(C(=O)OC(C)(C)C)CC1)N1CCC(C(=O)OC)CC1.I. The summed E-state index contributed by atoms with van der Waals surface area (Å²) in [7, 11) is 3.24. The number of halogens is 1. The van der Waals surface area contributed by atoms with Crippen molar-refractivity contribution in [3.63, 3.8) is 0 Å². The third-order valence-electron chi connectivity index (χ3n) is 5.36. The van der Waals surface area contributed by atoms with Crippen molar-refractivity contribution < 1.29 is 19.1 Å². The number of hydrogen-bond donors (Lipinski definition) is 1. The average molecular weight is 524 g/mol. The highest BCUT2D eigenvalue weighted by atomic mass is 127. The molecule has 0 aromatic carbocycles. The van der Waals surface area contributed by atoms with Crippen LogP contribution in [0.1, 0.15) is 46.5 Å². The van der Waals surface area contributed by atoms with Crippen LogP contribution in [0.4, 0.5) is 4.79 Å². The number of aliphatic imine (C=N–C) groups is 1. The van der Waals surface area contributed by atoms with Crippen molar-refractivity contribution in [2.24, 2.45) is 16.8 Å². The molecule has 0 bridgehead atoms. The minimum Gasteiger partial charge on any atom is -0.469 e. The Bertz CT molecular complexity index is 563. The van der Waals surface area contributed by atoms with Gasteiger partial charge in [-0.2, -0.15) is 0 Å². The smallest absolute Gasteiger partial charge is 0.410 e. The lowest BCUT2D eigenvalue weighted by Gasteiger charge is -2.35. The van der Waals surface area contributed by atoms with E-state index in [0.29, 0.717) is 5.92 Å². The van der Waals surface area contributed by atoms with Crippen molar-refractivity contribution in [2.45, 2.75) is 52.1 Å². The van der Waals surface area contributed by atoms with Gasteiger partial charge in [-0.1, -0.05) is 0 Å². The Morgan fingerprint density at radius 3 is 2.07 bits per heavy atom. The number of methoxy groups -OCH3 is 1. The Morgan fingerprint density at radius 1 is 1.03 bits per heavy atom. The molecule has 2 heterocycles. The fourth-order valence-electron chi connectivity index (χ4n) is 3.71. The molecule has 2 fully saturated rings. The molecule has 2 aliphatic rings. The maximum Gasteiger partial charge on any atom is 0.410 e. The van der Waals surface area contributed by atoms with E-state index in [1.54, 1.807) is 11.9 Å². The fraction of sp³-hybridized carbons (Fsp3) is 0.850. The van der Waals surface area contributed by atoms with Crippen LogP contribution >= 0.6 is 24.0 Å². The minimum atomic E-state index is -0.455. The fourth-order valence-corrected chi connectivity index (χ4v) is 3.71. The summed E-state index contributed by atoms with van der Waals surface area (Å²) < 4.78 is 10.3. The summed E-state index contributed by atoms with van der Waals surface area (Å²) in [5.41, 5.74) is -0.455. The Kier molecular flexibility index (Phi) is 10.5. The molecule has 1 amide bonds. The Balaban J connectivity index is 0.00000420. The van der Waals surface area contributed by atoms with E-state index in [4.69, 9.17) is 9.47 Å². The molecule has 168 valence electrons. The van der Waals surface area contributed by atoms with E-state index in [-0.39, 0.29) is 42.0 Å². The Morgan fingerprint density at radius 2 is 1.59 bits per heavy atom. The molecule has 0 aromatic heterocycles. The molecule has 0 radical (unpaired) electrons. The van der Waals surface area contributed by atoms with Crippen molar-refractivity contribution in [3.05, 3.63) is 0 Å². The predicted molar refractivity (Wildman–Crippen MR) is 124 cm³/mol. The van der Waals surface area contributed by atoms with Crippen molar-refractivity contribution >= 4 is 42.0 Å². The second kappa shape index (κ2) is 11.8. The molecule has 0 spiro atoms. The van der Waals surface area contributed by atoms with Crippen LogP contribution < -0.4 is 5.32 Å². The monoisotopic (exact) mass is 524 g/mol. The van der Waals surface area contributed by atoms with Crippen LogP contribution in [-0.2, 0) is 14.3 Å². The number of hydrogen-bond acceptors (Lipinski definition) is 5. The number of rotatable bonds is 3. The predicted octanol–water partition coefficient (Wildman–Crippen LogP) is 2.71. The molecule has 0 atom stereocenters. The van der Waals surface area contributed by atoms with Crippen LogP contribution in [0.25, 0.3) is 0 Å². The van der Waals surface area contributed by atoms with Crippen molar-refractivity contribution in [2.75, 3.05) is 46.9 Å². The van der Waals surface area contributed by atoms with Crippen molar-refractivity contribution in [3.8, 4) is 0 Å². The molecule has 0 aliphatic carbocycles. The summed E-state index contributed by atoms with van der Waals surface area (Å²) in [6.07, 6.45) is 3.27. The second-order valence-corrected chi connectivity index (χ2v) is 8.62. The van der Waals surface area contributed by atoms with Gasteiger partial charge in [0.25, 0.3) is 0 Å². The lowest BCUT2D eigenvalue weighted by molar-refractivity contribution is -0.146. The summed E-state index contributed by atoms with van der Waals surface area (Å²) in [6, 6.07) is 0. The van der Waals surface area contributed by atoms with Crippen molar-refractivity contribution in [1.82, 2.24) is 15.1 Å². The Labute approximate surface area is 191 Å². The van der Waals surface area contributed by atoms with E-state index in [2.05, 4.69) is 15.2 Å². The van der Waals surface area contributed by atoms with Gasteiger partial charge < -0.3 is 24.6 Å². The molecule has 1 N–H and O–H groups in total. The molecule has 0 saturated carbocycles. The molecule has 2 rings (SSSR count). The van der Waals surface area contributed by atoms with Crippen LogP contribution in [0.3, 0.4) is 0 Å². The lowest BCUT2D eigenvalue weighted by Crippen LogP contribution is -2.49. The number of carbonyl (C=O) groups is 2. The van der Waals surface area contributed by atoms with Gasteiger partial charge in [0, 0.05) is 39.8 Å². The third-order valence-corrected chi connectivity index (χ3v) is 5.36. The molecular weight excluding hydrogens is 487 g/mol. The number of guanidine groups is 1. The normalized spacial score (nSPS) is 19.4. The maximum atomic E-state index is 12.2. The van der Waals surface area contributed by atoms with Gasteiger partial charge in [0.1, 0.15) is 5.60 Å². The standard InChI is InChI=1S/C20H36N4O4.HI/c1-20(2,3)28-19(26)24-10-6-15(7-11-24)14-22-18(21-4)23-12-8-16(9-13-23)17(25)27-5;/h15-16H,6-14H2,1-5H3,(H,21,22);1H. The number of ether oxygens (including phenoxy) is 2. The van der Waals surface area contributed by atoms with Crippen LogP contribution in [0.5, 0.6) is 0 Å². The van der Waals surface area contributed by atoms with E-state index >= 15 is 0 Å². The summed E-state index contributed by atoms with van der Waals surface area (Å²) in [5.74, 6) is 1.27. The zero-order valence-corrected chi connectivity index (χ0v) is 20.7. The number of nitrogens with zero attached hydrogens (tertiary/aromatic N) is 3. The van der Waals surface area contributed by atoms with Gasteiger partial charge in [0.2, 0.25) is 0 Å². The van der Waals surface area contributed by atoms with Crippen LogP contribution in [0.15, 0.2) is 4.99 Å². The van der Waals surface area contributed by atoms with E-state index in [1.165, 1.54) is 7.11 Å². The molecule has 2 aliphatic heterocycles. The first-order valence-electron chi connectivity index (χ1n) is 10.2. The van der Waals surface area contributed by atoms with Crippen molar-refractivity contribution in [1.29, 1.82) is 0 Å². The number of likely N-dealkylation sites (tertiary alicyclic amines) is 2. The van der Waals surface area contributed by atoms with Gasteiger partial charge in [0.05, 0.1) is 13.0 Å². The maximum absolute atomic E-state index is 12.2. The van der Waals surface area contributed by atoms with Gasteiger partial charge in [-0.15, -0.1) is 24.0 Å². The molecule has 9 heteroatoms. The molecular formula is C20H37IN4O4. The zero-order valence-electron chi connectivity index (χ0n) is 18.4. The van der Waals surface area contributed by atoms with E-state index in [9.17, 15) is 9.59 Å². The summed E-state index contributed by atoms with van der Waals surface area (Å²) in [4.78, 5) is 32.2. The highest BCUT2D eigenvalue weighted by Gasteiger charge is 2.29. The van der Waals surface area contributed by atoms with E-state index in [1.807, 2.05) is 20.8 Å². The molecule has 8 nitrogen and oxygen atoms in total.